The van der Waals surface area contributed by atoms with Gasteiger partial charge in [-0.1, -0.05) is 41.9 Å². The highest BCUT2D eigenvalue weighted by atomic mass is 32.1. The quantitative estimate of drug-likeness (QED) is 0.589. The first-order valence-corrected chi connectivity index (χ1v) is 11.6. The molecule has 32 heavy (non-hydrogen) atoms. The molecule has 1 aliphatic rings. The third kappa shape index (κ3) is 5.70. The van der Waals surface area contributed by atoms with E-state index >= 15 is 0 Å². The van der Waals surface area contributed by atoms with Gasteiger partial charge in [0, 0.05) is 24.3 Å². The van der Waals surface area contributed by atoms with Gasteiger partial charge in [0.2, 0.25) is 5.01 Å². The summed E-state index contributed by atoms with van der Waals surface area (Å²) < 4.78 is 5.69. The first-order chi connectivity index (χ1) is 15.6. The number of aromatic nitrogens is 2. The summed E-state index contributed by atoms with van der Waals surface area (Å²) in [5, 5.41) is 11.7. The van der Waals surface area contributed by atoms with E-state index in [1.165, 1.54) is 24.2 Å². The molecular weight excluding hydrogens is 424 g/mol. The number of likely N-dealkylation sites (tertiary alicyclic amines) is 1. The molecule has 1 aromatic heterocycles. The summed E-state index contributed by atoms with van der Waals surface area (Å²) in [5.74, 6) is 0.453. The van der Waals surface area contributed by atoms with Gasteiger partial charge < -0.3 is 15.0 Å². The average molecular weight is 451 g/mol. The molecule has 0 bridgehead atoms. The number of anilines is 1. The Labute approximate surface area is 191 Å². The zero-order valence-electron chi connectivity index (χ0n) is 18.0. The second-order valence-electron chi connectivity index (χ2n) is 7.84. The van der Waals surface area contributed by atoms with Gasteiger partial charge >= 0.3 is 0 Å². The third-order valence-electron chi connectivity index (χ3n) is 5.33. The number of nitrogens with zero attached hydrogens (tertiary/aromatic N) is 3. The van der Waals surface area contributed by atoms with Gasteiger partial charge in [0.1, 0.15) is 12.4 Å². The predicted molar refractivity (Wildman–Crippen MR) is 124 cm³/mol. The van der Waals surface area contributed by atoms with Crippen LogP contribution in [0, 0.1) is 6.92 Å². The molecular formula is C24H26N4O3S. The molecule has 166 valence electrons. The summed E-state index contributed by atoms with van der Waals surface area (Å²) in [6, 6.07) is 14.7. The largest absolute Gasteiger partial charge is 0.486 e. The molecule has 3 aromatic rings. The molecule has 0 unspecified atom stereocenters. The molecule has 7 nitrogen and oxygen atoms in total. The molecule has 2 aromatic carbocycles. The summed E-state index contributed by atoms with van der Waals surface area (Å²) in [4.78, 5) is 27.1. The Morgan fingerprint density at radius 1 is 0.969 bits per heavy atom. The van der Waals surface area contributed by atoms with Crippen LogP contribution in [0.15, 0.2) is 48.5 Å². The molecule has 1 aliphatic heterocycles. The van der Waals surface area contributed by atoms with Crippen LogP contribution in [0.2, 0.25) is 0 Å². The molecule has 1 N–H and O–H groups in total. The van der Waals surface area contributed by atoms with Crippen LogP contribution in [0.3, 0.4) is 0 Å². The number of hydrogen-bond acceptors (Lipinski definition) is 6. The number of benzene rings is 2. The number of ether oxygens (including phenoxy) is 1. The smallest absolute Gasteiger partial charge is 0.286 e. The van der Waals surface area contributed by atoms with Crippen LogP contribution in [-0.2, 0) is 6.61 Å². The van der Waals surface area contributed by atoms with Gasteiger partial charge in [0.25, 0.3) is 11.8 Å². The van der Waals surface area contributed by atoms with E-state index in [1.54, 1.807) is 24.3 Å². The van der Waals surface area contributed by atoms with Crippen LogP contribution < -0.4 is 10.1 Å². The van der Waals surface area contributed by atoms with E-state index in [0.29, 0.717) is 16.3 Å². The minimum absolute atomic E-state index is 0.0483. The lowest BCUT2D eigenvalue weighted by atomic mass is 10.1. The maximum Gasteiger partial charge on any atom is 0.286 e. The van der Waals surface area contributed by atoms with E-state index in [-0.39, 0.29) is 23.4 Å². The summed E-state index contributed by atoms with van der Waals surface area (Å²) in [6.07, 6.45) is 4.47. The molecule has 2 amide bonds. The topological polar surface area (TPSA) is 84.4 Å². The minimum atomic E-state index is -0.337. The Balaban J connectivity index is 1.31. The first kappa shape index (κ1) is 22.0. The number of aryl methyl sites for hydroxylation is 1. The van der Waals surface area contributed by atoms with Crippen LogP contribution in [0.1, 0.15) is 56.4 Å². The average Bonchev–Trinajstić information content (AvgIpc) is 3.12. The molecule has 8 heteroatoms. The molecule has 1 saturated heterocycles. The van der Waals surface area contributed by atoms with E-state index in [4.69, 9.17) is 4.74 Å². The molecule has 0 radical (unpaired) electrons. The monoisotopic (exact) mass is 450 g/mol. The molecule has 1 fully saturated rings. The normalized spacial score (nSPS) is 14.0. The number of rotatable bonds is 6. The Bertz CT molecular complexity index is 1060. The highest BCUT2D eigenvalue weighted by molar-refractivity contribution is 7.13. The number of carbonyl (C=O) groups is 2. The Kier molecular flexibility index (Phi) is 7.11. The zero-order chi connectivity index (χ0) is 22.3. The van der Waals surface area contributed by atoms with E-state index in [1.807, 2.05) is 36.1 Å². The van der Waals surface area contributed by atoms with Crippen molar-refractivity contribution in [3.8, 4) is 5.75 Å². The van der Waals surface area contributed by atoms with Gasteiger partial charge in [0.05, 0.1) is 0 Å². The molecule has 0 saturated carbocycles. The van der Waals surface area contributed by atoms with E-state index in [9.17, 15) is 9.59 Å². The fourth-order valence-electron chi connectivity index (χ4n) is 3.52. The van der Waals surface area contributed by atoms with Crippen LogP contribution in [0.25, 0.3) is 0 Å². The Morgan fingerprint density at radius 2 is 1.66 bits per heavy atom. The lowest BCUT2D eigenvalue weighted by Gasteiger charge is -2.20. The van der Waals surface area contributed by atoms with Crippen molar-refractivity contribution in [2.75, 3.05) is 18.4 Å². The van der Waals surface area contributed by atoms with Crippen LogP contribution in [0.5, 0.6) is 5.75 Å². The fourth-order valence-corrected chi connectivity index (χ4v) is 4.17. The minimum Gasteiger partial charge on any atom is -0.486 e. The predicted octanol–water partition coefficient (Wildman–Crippen LogP) is 4.69. The van der Waals surface area contributed by atoms with Crippen molar-refractivity contribution in [2.24, 2.45) is 0 Å². The van der Waals surface area contributed by atoms with Crippen molar-refractivity contribution >= 4 is 28.8 Å². The summed E-state index contributed by atoms with van der Waals surface area (Å²) in [5.41, 5.74) is 2.40. The number of amides is 2. The van der Waals surface area contributed by atoms with Crippen LogP contribution >= 0.6 is 11.3 Å². The van der Waals surface area contributed by atoms with Crippen molar-refractivity contribution in [1.82, 2.24) is 15.1 Å². The van der Waals surface area contributed by atoms with Gasteiger partial charge in [-0.3, -0.25) is 9.59 Å². The lowest BCUT2D eigenvalue weighted by molar-refractivity contribution is 0.0761. The Hall–Kier alpha value is -3.26. The molecule has 0 spiro atoms. The van der Waals surface area contributed by atoms with Gasteiger partial charge in [-0.25, -0.2) is 0 Å². The Morgan fingerprint density at radius 3 is 2.34 bits per heavy atom. The number of carbonyl (C=O) groups excluding carboxylic acids is 2. The van der Waals surface area contributed by atoms with E-state index in [0.717, 1.165) is 37.2 Å². The maximum atomic E-state index is 12.7. The number of nitrogens with one attached hydrogen (secondary N) is 1. The van der Waals surface area contributed by atoms with Crippen molar-refractivity contribution < 1.29 is 14.3 Å². The highest BCUT2D eigenvalue weighted by Crippen LogP contribution is 2.19. The maximum absolute atomic E-state index is 12.7. The van der Waals surface area contributed by atoms with Gasteiger partial charge in [0.15, 0.2) is 5.01 Å². The second kappa shape index (κ2) is 10.4. The van der Waals surface area contributed by atoms with Gasteiger partial charge in [-0.2, -0.15) is 0 Å². The van der Waals surface area contributed by atoms with E-state index < -0.39 is 0 Å². The van der Waals surface area contributed by atoms with Crippen LogP contribution in [0.4, 0.5) is 5.69 Å². The van der Waals surface area contributed by atoms with Crippen molar-refractivity contribution in [3.63, 3.8) is 0 Å². The SMILES string of the molecule is Cc1ccc(OCc2nnc(C(=O)Nc3ccc(C(=O)N4CCCCCC4)cc3)s2)cc1. The standard InChI is InChI=1S/C24H26N4O3S/c1-17-6-12-20(13-7-17)31-16-21-26-27-23(32-21)22(29)25-19-10-8-18(9-11-19)24(30)28-14-4-2-3-5-15-28/h6-13H,2-5,14-16H2,1H3,(H,25,29). The van der Waals surface area contributed by atoms with Crippen molar-refractivity contribution in [2.45, 2.75) is 39.2 Å². The summed E-state index contributed by atoms with van der Waals surface area (Å²) >= 11 is 1.19. The second-order valence-corrected chi connectivity index (χ2v) is 8.90. The highest BCUT2D eigenvalue weighted by Gasteiger charge is 2.18. The summed E-state index contributed by atoms with van der Waals surface area (Å²) in [7, 11) is 0. The fraction of sp³-hybridized carbons (Fsp3) is 0.333. The van der Waals surface area contributed by atoms with E-state index in [2.05, 4.69) is 15.5 Å². The van der Waals surface area contributed by atoms with Crippen LogP contribution in [-0.4, -0.2) is 40.0 Å². The molecule has 0 atom stereocenters. The molecule has 4 rings (SSSR count). The molecule has 0 aliphatic carbocycles. The third-order valence-corrected chi connectivity index (χ3v) is 6.22. The first-order valence-electron chi connectivity index (χ1n) is 10.8. The molecule has 2 heterocycles. The van der Waals surface area contributed by atoms with Crippen molar-refractivity contribution in [1.29, 1.82) is 0 Å². The van der Waals surface area contributed by atoms with Gasteiger partial charge in [-0.15, -0.1) is 10.2 Å². The van der Waals surface area contributed by atoms with Gasteiger partial charge in [-0.05, 0) is 56.2 Å². The van der Waals surface area contributed by atoms with Crippen molar-refractivity contribution in [3.05, 3.63) is 69.7 Å². The lowest BCUT2D eigenvalue weighted by Crippen LogP contribution is -2.31. The summed E-state index contributed by atoms with van der Waals surface area (Å²) in [6.45, 7) is 3.89. The zero-order valence-corrected chi connectivity index (χ0v) is 18.9. The number of hydrogen-bond donors (Lipinski definition) is 1.